The lowest BCUT2D eigenvalue weighted by Gasteiger charge is -2.36. The van der Waals surface area contributed by atoms with Gasteiger partial charge in [0, 0.05) is 44.1 Å². The van der Waals surface area contributed by atoms with E-state index in [1.54, 1.807) is 23.1 Å². The number of amides is 2. The van der Waals surface area contributed by atoms with Crippen LogP contribution in [0.15, 0.2) is 18.2 Å². The number of hydrogen-bond acceptors (Lipinski definition) is 4. The van der Waals surface area contributed by atoms with Crippen LogP contribution >= 0.6 is 23.2 Å². The third-order valence-corrected chi connectivity index (χ3v) is 7.94. The number of piperidine rings is 1. The molecule has 7 nitrogen and oxygen atoms in total. The second-order valence-electron chi connectivity index (χ2n) is 9.35. The highest BCUT2D eigenvalue weighted by Crippen LogP contribution is 2.31. The largest absolute Gasteiger partial charge is 0.340 e. The minimum atomic E-state index is -0.429. The number of carbonyl (C=O) groups is 2. The summed E-state index contributed by atoms with van der Waals surface area (Å²) < 4.78 is 2.29. The molecule has 3 aliphatic heterocycles. The average molecular weight is 490 g/mol. The van der Waals surface area contributed by atoms with Crippen LogP contribution in [0.3, 0.4) is 0 Å². The molecule has 5 rings (SSSR count). The van der Waals surface area contributed by atoms with Crippen molar-refractivity contribution in [1.82, 2.24) is 24.6 Å². The van der Waals surface area contributed by atoms with Crippen LogP contribution in [0.1, 0.15) is 72.9 Å². The summed E-state index contributed by atoms with van der Waals surface area (Å²) in [5.41, 5.74) is 0.465. The number of hydrogen-bond donors (Lipinski definition) is 0. The van der Waals surface area contributed by atoms with Crippen LogP contribution in [0, 0.1) is 0 Å². The summed E-state index contributed by atoms with van der Waals surface area (Å²) in [6.07, 6.45) is 7.98. The van der Waals surface area contributed by atoms with Gasteiger partial charge in [0.15, 0.2) is 0 Å². The van der Waals surface area contributed by atoms with Crippen molar-refractivity contribution in [2.45, 2.75) is 69.9 Å². The van der Waals surface area contributed by atoms with Crippen molar-refractivity contribution < 1.29 is 9.59 Å². The first-order valence-corrected chi connectivity index (χ1v) is 12.8. The van der Waals surface area contributed by atoms with Crippen molar-refractivity contribution in [3.05, 3.63) is 45.5 Å². The normalized spacial score (nSPS) is 23.3. The van der Waals surface area contributed by atoms with Gasteiger partial charge in [-0.2, -0.15) is 0 Å². The Morgan fingerprint density at radius 2 is 1.76 bits per heavy atom. The zero-order chi connectivity index (χ0) is 22.9. The van der Waals surface area contributed by atoms with Gasteiger partial charge in [0.2, 0.25) is 5.91 Å². The van der Waals surface area contributed by atoms with E-state index in [9.17, 15) is 9.59 Å². The second kappa shape index (κ2) is 9.63. The second-order valence-corrected chi connectivity index (χ2v) is 10.2. The zero-order valence-electron chi connectivity index (χ0n) is 18.7. The molecule has 0 saturated carbocycles. The number of aromatic nitrogens is 3. The summed E-state index contributed by atoms with van der Waals surface area (Å²) in [7, 11) is 0. The number of halogens is 2. The first-order chi connectivity index (χ1) is 16.0. The molecule has 9 heteroatoms. The molecule has 2 amide bonds. The first kappa shape index (κ1) is 22.7. The molecule has 3 aliphatic rings. The zero-order valence-corrected chi connectivity index (χ0v) is 20.2. The van der Waals surface area contributed by atoms with Gasteiger partial charge in [-0.05, 0) is 56.7 Å². The Kier molecular flexibility index (Phi) is 6.61. The van der Waals surface area contributed by atoms with Gasteiger partial charge in [0.1, 0.15) is 17.7 Å². The summed E-state index contributed by atoms with van der Waals surface area (Å²) in [6, 6.07) is 4.45. The molecule has 1 aromatic heterocycles. The molecule has 0 bridgehead atoms. The molecule has 176 valence electrons. The summed E-state index contributed by atoms with van der Waals surface area (Å²) in [5.74, 6) is 2.18. The van der Waals surface area contributed by atoms with Crippen LogP contribution < -0.4 is 0 Å². The van der Waals surface area contributed by atoms with E-state index in [1.165, 1.54) is 6.42 Å². The standard InChI is InChI=1S/C24H29Cl2N5O2/c25-18-10-9-16(14-19(18)26)23(32)30-13-5-7-20(30)24(33)29-11-4-6-17(15-29)22-28-27-21-8-2-1-3-12-31(21)22/h9-10,14,17,20H,1-8,11-13,15H2. The Balaban J connectivity index is 1.31. The van der Waals surface area contributed by atoms with Crippen molar-refractivity contribution in [2.24, 2.45) is 0 Å². The first-order valence-electron chi connectivity index (χ1n) is 12.0. The highest BCUT2D eigenvalue weighted by molar-refractivity contribution is 6.42. The average Bonchev–Trinajstić information content (AvgIpc) is 3.41. The fraction of sp³-hybridized carbons (Fsp3) is 0.583. The van der Waals surface area contributed by atoms with Gasteiger partial charge in [-0.3, -0.25) is 9.59 Å². The van der Waals surface area contributed by atoms with Crippen molar-refractivity contribution >= 4 is 35.0 Å². The maximum atomic E-state index is 13.6. The Morgan fingerprint density at radius 3 is 2.61 bits per heavy atom. The van der Waals surface area contributed by atoms with E-state index in [1.807, 2.05) is 4.90 Å². The Bertz CT molecular complexity index is 1060. The van der Waals surface area contributed by atoms with Crippen molar-refractivity contribution in [3.8, 4) is 0 Å². The van der Waals surface area contributed by atoms with Crippen LogP contribution in [0.5, 0.6) is 0 Å². The maximum Gasteiger partial charge on any atom is 0.254 e. The topological polar surface area (TPSA) is 71.3 Å². The van der Waals surface area contributed by atoms with Gasteiger partial charge in [0.25, 0.3) is 5.91 Å². The number of benzene rings is 1. The fourth-order valence-corrected chi connectivity index (χ4v) is 5.77. The van der Waals surface area contributed by atoms with Crippen LogP contribution in [-0.4, -0.2) is 62.1 Å². The van der Waals surface area contributed by atoms with Crippen LogP contribution in [0.2, 0.25) is 10.0 Å². The Labute approximate surface area is 204 Å². The van der Waals surface area contributed by atoms with Crippen molar-refractivity contribution in [3.63, 3.8) is 0 Å². The van der Waals surface area contributed by atoms with E-state index in [0.29, 0.717) is 35.1 Å². The summed E-state index contributed by atoms with van der Waals surface area (Å²) in [5, 5.41) is 9.75. The SMILES string of the molecule is O=C(C1CCCN1C(=O)c1ccc(Cl)c(Cl)c1)N1CCCC(c2nnc3n2CCCCC3)C1. The summed E-state index contributed by atoms with van der Waals surface area (Å²) in [4.78, 5) is 30.4. The Morgan fingerprint density at radius 1 is 0.909 bits per heavy atom. The van der Waals surface area contributed by atoms with E-state index >= 15 is 0 Å². The molecule has 1 aromatic carbocycles. The van der Waals surface area contributed by atoms with Gasteiger partial charge < -0.3 is 14.4 Å². The highest BCUT2D eigenvalue weighted by atomic mass is 35.5. The number of nitrogens with zero attached hydrogens (tertiary/aromatic N) is 5. The highest BCUT2D eigenvalue weighted by Gasteiger charge is 2.39. The third-order valence-electron chi connectivity index (χ3n) is 7.20. The molecule has 2 saturated heterocycles. The number of aryl methyl sites for hydroxylation is 1. The fourth-order valence-electron chi connectivity index (χ4n) is 5.47. The Hall–Kier alpha value is -2.12. The molecule has 0 radical (unpaired) electrons. The number of rotatable bonds is 3. The van der Waals surface area contributed by atoms with Crippen LogP contribution in [-0.2, 0) is 17.8 Å². The van der Waals surface area contributed by atoms with Crippen LogP contribution in [0.25, 0.3) is 0 Å². The van der Waals surface area contributed by atoms with E-state index in [4.69, 9.17) is 23.2 Å². The van der Waals surface area contributed by atoms with Crippen LogP contribution in [0.4, 0.5) is 0 Å². The number of likely N-dealkylation sites (tertiary alicyclic amines) is 2. The lowest BCUT2D eigenvalue weighted by molar-refractivity contribution is -0.136. The molecule has 4 heterocycles. The van der Waals surface area contributed by atoms with E-state index in [0.717, 1.165) is 63.3 Å². The number of carbonyl (C=O) groups excluding carboxylic acids is 2. The predicted octanol–water partition coefficient (Wildman–Crippen LogP) is 4.32. The smallest absolute Gasteiger partial charge is 0.254 e. The molecule has 33 heavy (non-hydrogen) atoms. The monoisotopic (exact) mass is 489 g/mol. The van der Waals surface area contributed by atoms with Gasteiger partial charge in [0.05, 0.1) is 10.0 Å². The van der Waals surface area contributed by atoms with Crippen molar-refractivity contribution in [2.75, 3.05) is 19.6 Å². The minimum Gasteiger partial charge on any atom is -0.340 e. The molecular weight excluding hydrogens is 461 g/mol. The van der Waals surface area contributed by atoms with E-state index in [-0.39, 0.29) is 17.7 Å². The quantitative estimate of drug-likeness (QED) is 0.643. The maximum absolute atomic E-state index is 13.6. The lowest BCUT2D eigenvalue weighted by Crippen LogP contribution is -2.50. The van der Waals surface area contributed by atoms with E-state index < -0.39 is 6.04 Å². The number of fused-ring (bicyclic) bond motifs is 1. The molecule has 0 spiro atoms. The van der Waals surface area contributed by atoms with Gasteiger partial charge in [-0.1, -0.05) is 29.6 Å². The molecule has 0 N–H and O–H groups in total. The van der Waals surface area contributed by atoms with Gasteiger partial charge in [-0.15, -0.1) is 10.2 Å². The molecule has 0 aliphatic carbocycles. The molecule has 2 unspecified atom stereocenters. The minimum absolute atomic E-state index is 0.0428. The predicted molar refractivity (Wildman–Crippen MR) is 127 cm³/mol. The van der Waals surface area contributed by atoms with Gasteiger partial charge in [-0.25, -0.2) is 0 Å². The summed E-state index contributed by atoms with van der Waals surface area (Å²) >= 11 is 12.1. The van der Waals surface area contributed by atoms with Gasteiger partial charge >= 0.3 is 0 Å². The molecule has 2 atom stereocenters. The molecule has 2 aromatic rings. The molecule has 2 fully saturated rings. The van der Waals surface area contributed by atoms with E-state index in [2.05, 4.69) is 14.8 Å². The molecular formula is C24H29Cl2N5O2. The lowest BCUT2D eigenvalue weighted by atomic mass is 9.96. The third kappa shape index (κ3) is 4.50. The summed E-state index contributed by atoms with van der Waals surface area (Å²) in [6.45, 7) is 2.91. The van der Waals surface area contributed by atoms with Crippen molar-refractivity contribution in [1.29, 1.82) is 0 Å².